The van der Waals surface area contributed by atoms with E-state index < -0.39 is 0 Å². The molecule has 1 atom stereocenters. The first kappa shape index (κ1) is 14.2. The highest BCUT2D eigenvalue weighted by Crippen LogP contribution is 2.42. The van der Waals surface area contributed by atoms with Crippen LogP contribution < -0.4 is 4.74 Å². The molecular formula is C17H23ClO2. The van der Waals surface area contributed by atoms with Gasteiger partial charge in [-0.3, -0.25) is 0 Å². The van der Waals surface area contributed by atoms with Crippen LogP contribution in [0.15, 0.2) is 18.2 Å². The Balaban J connectivity index is 1.56. The fourth-order valence-corrected chi connectivity index (χ4v) is 3.65. The van der Waals surface area contributed by atoms with Crippen LogP contribution in [0, 0.1) is 6.92 Å². The Morgan fingerprint density at radius 2 is 2.05 bits per heavy atom. The molecule has 0 amide bonds. The maximum Gasteiger partial charge on any atom is 0.123 e. The van der Waals surface area contributed by atoms with E-state index in [1.807, 2.05) is 25.1 Å². The molecule has 1 heterocycles. The molecule has 1 saturated heterocycles. The van der Waals surface area contributed by atoms with E-state index in [2.05, 4.69) is 0 Å². The van der Waals surface area contributed by atoms with Crippen LogP contribution in [0.3, 0.4) is 0 Å². The fourth-order valence-electron chi connectivity index (χ4n) is 3.49. The molecule has 1 aliphatic carbocycles. The molecule has 1 saturated carbocycles. The molecule has 0 bridgehead atoms. The second kappa shape index (κ2) is 5.95. The van der Waals surface area contributed by atoms with Crippen molar-refractivity contribution in [2.75, 3.05) is 6.61 Å². The van der Waals surface area contributed by atoms with E-state index in [1.165, 1.54) is 38.5 Å². The van der Waals surface area contributed by atoms with Gasteiger partial charge in [0.25, 0.3) is 0 Å². The van der Waals surface area contributed by atoms with E-state index in [9.17, 15) is 0 Å². The molecule has 2 aliphatic rings. The summed E-state index contributed by atoms with van der Waals surface area (Å²) in [6, 6.07) is 5.78. The van der Waals surface area contributed by atoms with Crippen molar-refractivity contribution in [1.29, 1.82) is 0 Å². The topological polar surface area (TPSA) is 18.5 Å². The normalized spacial score (nSPS) is 25.0. The van der Waals surface area contributed by atoms with Crippen molar-refractivity contribution in [3.63, 3.8) is 0 Å². The summed E-state index contributed by atoms with van der Waals surface area (Å²) < 4.78 is 12.2. The number of halogens is 1. The third-order valence-corrected chi connectivity index (χ3v) is 4.91. The molecule has 1 spiro atoms. The molecule has 3 heteroatoms. The Morgan fingerprint density at radius 3 is 2.85 bits per heavy atom. The minimum atomic E-state index is 0.176. The molecule has 2 nitrogen and oxygen atoms in total. The smallest absolute Gasteiger partial charge is 0.123 e. The summed E-state index contributed by atoms with van der Waals surface area (Å²) in [4.78, 5) is 0. The number of hydrogen-bond acceptors (Lipinski definition) is 2. The summed E-state index contributed by atoms with van der Waals surface area (Å²) in [6.07, 6.45) is 9.05. The first-order chi connectivity index (χ1) is 9.67. The molecule has 2 fully saturated rings. The summed E-state index contributed by atoms with van der Waals surface area (Å²) in [5, 5.41) is 0.724. The van der Waals surface area contributed by atoms with Crippen LogP contribution in [0.25, 0.3) is 0 Å². The fraction of sp³-hybridized carbons (Fsp3) is 0.647. The first-order valence-corrected chi connectivity index (χ1v) is 8.11. The Hall–Kier alpha value is -0.730. The second-order valence-electron chi connectivity index (χ2n) is 6.24. The molecule has 1 aromatic carbocycles. The summed E-state index contributed by atoms with van der Waals surface area (Å²) in [5.74, 6) is 0.880. The molecule has 20 heavy (non-hydrogen) atoms. The third kappa shape index (κ3) is 3.12. The van der Waals surface area contributed by atoms with Gasteiger partial charge < -0.3 is 9.47 Å². The summed E-state index contributed by atoms with van der Waals surface area (Å²) in [5.41, 5.74) is 1.30. The van der Waals surface area contributed by atoms with Gasteiger partial charge in [-0.25, -0.2) is 0 Å². The molecule has 1 aromatic rings. The average Bonchev–Trinajstić information content (AvgIpc) is 2.84. The highest BCUT2D eigenvalue weighted by molar-refractivity contribution is 6.30. The minimum Gasteiger partial charge on any atom is -0.491 e. The van der Waals surface area contributed by atoms with Gasteiger partial charge in [-0.2, -0.15) is 0 Å². The van der Waals surface area contributed by atoms with E-state index in [1.54, 1.807) is 0 Å². The van der Waals surface area contributed by atoms with Gasteiger partial charge in [0.1, 0.15) is 12.4 Å². The van der Waals surface area contributed by atoms with Crippen molar-refractivity contribution in [2.45, 2.75) is 63.6 Å². The van der Waals surface area contributed by atoms with Crippen LogP contribution in [0.4, 0.5) is 0 Å². The maximum atomic E-state index is 6.32. The molecular weight excluding hydrogens is 272 g/mol. The Labute approximate surface area is 126 Å². The second-order valence-corrected chi connectivity index (χ2v) is 6.68. The molecule has 0 aromatic heterocycles. The number of aryl methyl sites for hydroxylation is 1. The summed E-state index contributed by atoms with van der Waals surface area (Å²) in [7, 11) is 0. The average molecular weight is 295 g/mol. The Morgan fingerprint density at radius 1 is 1.25 bits per heavy atom. The lowest BCUT2D eigenvalue weighted by Crippen LogP contribution is -2.32. The Bertz CT molecular complexity index is 466. The Kier molecular flexibility index (Phi) is 4.23. The van der Waals surface area contributed by atoms with E-state index in [4.69, 9.17) is 21.1 Å². The van der Waals surface area contributed by atoms with Crippen molar-refractivity contribution in [1.82, 2.24) is 0 Å². The highest BCUT2D eigenvalue weighted by Gasteiger charge is 2.40. The van der Waals surface area contributed by atoms with Gasteiger partial charge in [-0.1, -0.05) is 36.9 Å². The molecule has 1 unspecified atom stereocenters. The van der Waals surface area contributed by atoms with Crippen molar-refractivity contribution in [2.24, 2.45) is 0 Å². The number of rotatable bonds is 3. The summed E-state index contributed by atoms with van der Waals surface area (Å²) >= 11 is 6.02. The molecule has 3 rings (SSSR count). The highest BCUT2D eigenvalue weighted by atomic mass is 35.5. The van der Waals surface area contributed by atoms with Gasteiger partial charge in [-0.15, -0.1) is 0 Å². The van der Waals surface area contributed by atoms with Crippen molar-refractivity contribution >= 4 is 11.6 Å². The predicted octanol–water partition coefficient (Wildman–Crippen LogP) is 4.91. The quantitative estimate of drug-likeness (QED) is 0.788. The largest absolute Gasteiger partial charge is 0.491 e. The molecule has 110 valence electrons. The van der Waals surface area contributed by atoms with Crippen LogP contribution in [-0.2, 0) is 4.74 Å². The zero-order chi connectivity index (χ0) is 14.0. The van der Waals surface area contributed by atoms with Gasteiger partial charge in [0.05, 0.1) is 11.7 Å². The summed E-state index contributed by atoms with van der Waals surface area (Å²) in [6.45, 7) is 2.69. The van der Waals surface area contributed by atoms with Crippen molar-refractivity contribution in [3.8, 4) is 5.75 Å². The van der Waals surface area contributed by atoms with Crippen LogP contribution in [0.1, 0.15) is 50.5 Å². The van der Waals surface area contributed by atoms with Crippen LogP contribution >= 0.6 is 11.6 Å². The standard InChI is InChI=1S/C17H23ClO2/c1-13-5-6-14(18)11-16(13)19-12-15-7-10-17(20-15)8-3-2-4-9-17/h5-6,11,15H,2-4,7-10,12H2,1H3. The third-order valence-electron chi connectivity index (χ3n) is 4.68. The zero-order valence-electron chi connectivity index (χ0n) is 12.2. The monoisotopic (exact) mass is 294 g/mol. The number of benzene rings is 1. The molecule has 0 N–H and O–H groups in total. The molecule has 1 aliphatic heterocycles. The van der Waals surface area contributed by atoms with Gasteiger partial charge >= 0.3 is 0 Å². The van der Waals surface area contributed by atoms with Gasteiger partial charge in [0.15, 0.2) is 0 Å². The van der Waals surface area contributed by atoms with E-state index >= 15 is 0 Å². The lowest BCUT2D eigenvalue weighted by atomic mass is 9.83. The van der Waals surface area contributed by atoms with E-state index in [0.29, 0.717) is 6.61 Å². The zero-order valence-corrected chi connectivity index (χ0v) is 12.9. The lowest BCUT2D eigenvalue weighted by Gasteiger charge is -2.33. The van der Waals surface area contributed by atoms with Crippen LogP contribution in [0.5, 0.6) is 5.75 Å². The van der Waals surface area contributed by atoms with E-state index in [0.717, 1.165) is 22.8 Å². The lowest BCUT2D eigenvalue weighted by molar-refractivity contribution is -0.0749. The first-order valence-electron chi connectivity index (χ1n) is 7.74. The van der Waals surface area contributed by atoms with Crippen molar-refractivity contribution in [3.05, 3.63) is 28.8 Å². The molecule has 0 radical (unpaired) electrons. The van der Waals surface area contributed by atoms with Gasteiger partial charge in [0.2, 0.25) is 0 Å². The number of ether oxygens (including phenoxy) is 2. The maximum absolute atomic E-state index is 6.32. The SMILES string of the molecule is Cc1ccc(Cl)cc1OCC1CCC2(CCCCC2)O1. The van der Waals surface area contributed by atoms with Gasteiger partial charge in [0, 0.05) is 5.02 Å². The van der Waals surface area contributed by atoms with Crippen LogP contribution in [0.2, 0.25) is 5.02 Å². The van der Waals surface area contributed by atoms with Gasteiger partial charge in [-0.05, 0) is 50.3 Å². The minimum absolute atomic E-state index is 0.176. The number of hydrogen-bond donors (Lipinski definition) is 0. The predicted molar refractivity (Wildman–Crippen MR) is 81.6 cm³/mol. The van der Waals surface area contributed by atoms with E-state index in [-0.39, 0.29) is 11.7 Å². The van der Waals surface area contributed by atoms with Crippen LogP contribution in [-0.4, -0.2) is 18.3 Å². The van der Waals surface area contributed by atoms with Crippen molar-refractivity contribution < 1.29 is 9.47 Å².